The molecule has 0 spiro atoms. The van der Waals surface area contributed by atoms with Crippen LogP contribution in [-0.2, 0) is 22.7 Å². The molecule has 8 nitrogen and oxygen atoms in total. The number of carbonyl (C=O) groups is 1. The van der Waals surface area contributed by atoms with Gasteiger partial charge in [0.15, 0.2) is 0 Å². The first kappa shape index (κ1) is 24.9. The van der Waals surface area contributed by atoms with Gasteiger partial charge in [-0.05, 0) is 43.5 Å². The first-order valence-corrected chi connectivity index (χ1v) is 12.9. The Bertz CT molecular complexity index is 991. The maximum atomic E-state index is 12.6. The van der Waals surface area contributed by atoms with Crippen LogP contribution in [0, 0.1) is 16.6 Å². The number of likely N-dealkylation sites (tertiary alicyclic amines) is 1. The van der Waals surface area contributed by atoms with Crippen molar-refractivity contribution in [1.29, 1.82) is 0 Å². The van der Waals surface area contributed by atoms with Crippen molar-refractivity contribution in [2.45, 2.75) is 52.9 Å². The van der Waals surface area contributed by atoms with Crippen molar-refractivity contribution < 1.29 is 9.53 Å². The predicted octanol–water partition coefficient (Wildman–Crippen LogP) is 3.13. The fourth-order valence-electron chi connectivity index (χ4n) is 4.46. The van der Waals surface area contributed by atoms with Crippen molar-refractivity contribution in [3.05, 3.63) is 40.7 Å². The normalized spacial score (nSPS) is 18.9. The molecule has 9 heteroatoms. The van der Waals surface area contributed by atoms with E-state index in [0.717, 1.165) is 49.7 Å². The van der Waals surface area contributed by atoms with Crippen molar-refractivity contribution in [3.8, 4) is 0 Å². The van der Waals surface area contributed by atoms with Gasteiger partial charge < -0.3 is 15.0 Å². The lowest BCUT2D eigenvalue weighted by atomic mass is 9.95. The average Bonchev–Trinajstić information content (AvgIpc) is 3.15. The lowest BCUT2D eigenvalue weighted by Gasteiger charge is -2.32. The monoisotopic (exact) mass is 486 g/mol. The van der Waals surface area contributed by atoms with Crippen LogP contribution in [0.5, 0.6) is 0 Å². The summed E-state index contributed by atoms with van der Waals surface area (Å²) in [5.74, 6) is 1.64. The molecule has 2 aliphatic rings. The Labute approximate surface area is 207 Å². The first-order valence-electron chi connectivity index (χ1n) is 12.5. The minimum absolute atomic E-state index is 0.0879. The van der Waals surface area contributed by atoms with Crippen LogP contribution in [0.3, 0.4) is 0 Å². The Morgan fingerprint density at radius 2 is 1.79 bits per heavy atom. The van der Waals surface area contributed by atoms with Gasteiger partial charge >= 0.3 is 0 Å². The Kier molecular flexibility index (Phi) is 8.39. The number of nitrogens with one attached hydrogen (secondary N) is 1. The smallest absolute Gasteiger partial charge is 0.226 e. The third kappa shape index (κ3) is 6.06. The van der Waals surface area contributed by atoms with E-state index in [1.54, 1.807) is 0 Å². The molecular formula is C25H38N6O2S. The zero-order chi connectivity index (χ0) is 24.1. The SMILES string of the molecule is CC(C)C(C)NC(=O)C1CCN(Cn2nc(N3CCOCC3)n(Cc3ccccc3)c2=S)CC1. The highest BCUT2D eigenvalue weighted by molar-refractivity contribution is 7.71. The van der Waals surface area contributed by atoms with E-state index in [-0.39, 0.29) is 17.9 Å². The molecule has 1 atom stereocenters. The van der Waals surface area contributed by atoms with E-state index < -0.39 is 0 Å². The van der Waals surface area contributed by atoms with Gasteiger partial charge in [0.05, 0.1) is 26.4 Å². The van der Waals surface area contributed by atoms with Crippen LogP contribution >= 0.6 is 12.2 Å². The molecular weight excluding hydrogens is 448 g/mol. The molecule has 0 saturated carbocycles. The molecule has 2 fully saturated rings. The number of aromatic nitrogens is 3. The fourth-order valence-corrected chi connectivity index (χ4v) is 4.70. The summed E-state index contributed by atoms with van der Waals surface area (Å²) >= 11 is 5.90. The zero-order valence-electron chi connectivity index (χ0n) is 20.7. The molecule has 0 bridgehead atoms. The molecule has 2 aromatic rings. The molecule has 1 amide bonds. The molecule has 34 heavy (non-hydrogen) atoms. The van der Waals surface area contributed by atoms with Crippen molar-refractivity contribution in [3.63, 3.8) is 0 Å². The van der Waals surface area contributed by atoms with Crippen molar-refractivity contribution >= 4 is 24.1 Å². The lowest BCUT2D eigenvalue weighted by Crippen LogP contribution is -2.44. The van der Waals surface area contributed by atoms with E-state index in [0.29, 0.717) is 32.3 Å². The fraction of sp³-hybridized carbons (Fsp3) is 0.640. The zero-order valence-corrected chi connectivity index (χ0v) is 21.5. The van der Waals surface area contributed by atoms with E-state index in [2.05, 4.69) is 64.7 Å². The van der Waals surface area contributed by atoms with Crippen LogP contribution in [0.4, 0.5) is 5.95 Å². The number of ether oxygens (including phenoxy) is 1. The lowest BCUT2D eigenvalue weighted by molar-refractivity contribution is -0.127. The van der Waals surface area contributed by atoms with Gasteiger partial charge in [-0.15, -0.1) is 5.10 Å². The standard InChI is InChI=1S/C25H38N6O2S/c1-19(2)20(3)26-23(32)22-9-11-28(12-10-22)18-31-25(34)30(17-21-7-5-4-6-8-21)24(27-31)29-13-15-33-16-14-29/h4-8,19-20,22H,9-18H2,1-3H3,(H,26,32). The number of hydrogen-bond acceptors (Lipinski definition) is 6. The highest BCUT2D eigenvalue weighted by Crippen LogP contribution is 2.21. The van der Waals surface area contributed by atoms with Gasteiger partial charge in [0.1, 0.15) is 0 Å². The van der Waals surface area contributed by atoms with Crippen LogP contribution in [0.15, 0.2) is 30.3 Å². The van der Waals surface area contributed by atoms with E-state index in [4.69, 9.17) is 22.1 Å². The van der Waals surface area contributed by atoms with Crippen LogP contribution < -0.4 is 10.2 Å². The molecule has 1 aromatic carbocycles. The van der Waals surface area contributed by atoms with Crippen LogP contribution in [0.1, 0.15) is 39.2 Å². The predicted molar refractivity (Wildman–Crippen MR) is 136 cm³/mol. The van der Waals surface area contributed by atoms with Crippen LogP contribution in [0.2, 0.25) is 0 Å². The summed E-state index contributed by atoms with van der Waals surface area (Å²) in [5.41, 5.74) is 1.20. The van der Waals surface area contributed by atoms with Crippen molar-refractivity contribution in [1.82, 2.24) is 24.6 Å². The van der Waals surface area contributed by atoms with Gasteiger partial charge in [0.2, 0.25) is 16.6 Å². The van der Waals surface area contributed by atoms with Gasteiger partial charge in [-0.2, -0.15) is 0 Å². The van der Waals surface area contributed by atoms with Gasteiger partial charge in [-0.1, -0.05) is 44.2 Å². The molecule has 4 rings (SSSR count). The number of piperidine rings is 1. The summed E-state index contributed by atoms with van der Waals surface area (Å²) in [5, 5.41) is 8.14. The third-order valence-corrected chi connectivity index (χ3v) is 7.47. The second kappa shape index (κ2) is 11.5. The summed E-state index contributed by atoms with van der Waals surface area (Å²) in [6, 6.07) is 10.6. The molecule has 2 aliphatic heterocycles. The average molecular weight is 487 g/mol. The number of amides is 1. The summed E-state index contributed by atoms with van der Waals surface area (Å²) in [4.78, 5) is 17.3. The summed E-state index contributed by atoms with van der Waals surface area (Å²) < 4.78 is 10.4. The number of anilines is 1. The maximum absolute atomic E-state index is 12.6. The summed E-state index contributed by atoms with van der Waals surface area (Å²) in [6.07, 6.45) is 1.73. The van der Waals surface area contributed by atoms with E-state index in [1.165, 1.54) is 5.56 Å². The minimum Gasteiger partial charge on any atom is -0.378 e. The quantitative estimate of drug-likeness (QED) is 0.579. The Balaban J connectivity index is 1.44. The molecule has 3 heterocycles. The molecule has 1 unspecified atom stereocenters. The Morgan fingerprint density at radius 1 is 1.12 bits per heavy atom. The summed E-state index contributed by atoms with van der Waals surface area (Å²) in [7, 11) is 0. The molecule has 186 valence electrons. The number of hydrogen-bond donors (Lipinski definition) is 1. The molecule has 0 radical (unpaired) electrons. The summed E-state index contributed by atoms with van der Waals surface area (Å²) in [6.45, 7) is 12.5. The topological polar surface area (TPSA) is 67.6 Å². The number of rotatable bonds is 8. The Morgan fingerprint density at radius 3 is 2.44 bits per heavy atom. The number of benzene rings is 1. The molecule has 1 N–H and O–H groups in total. The van der Waals surface area contributed by atoms with Crippen molar-refractivity contribution in [2.24, 2.45) is 11.8 Å². The number of carbonyl (C=O) groups excluding carboxylic acids is 1. The number of morpholine rings is 1. The van der Waals surface area contributed by atoms with Crippen LogP contribution in [0.25, 0.3) is 0 Å². The van der Waals surface area contributed by atoms with Gasteiger partial charge in [0.25, 0.3) is 0 Å². The Hall–Kier alpha value is -2.23. The van der Waals surface area contributed by atoms with Crippen molar-refractivity contribution in [2.75, 3.05) is 44.3 Å². The van der Waals surface area contributed by atoms with Crippen LogP contribution in [-0.4, -0.2) is 70.6 Å². The molecule has 2 saturated heterocycles. The first-order chi connectivity index (χ1) is 16.4. The van der Waals surface area contributed by atoms with Gasteiger partial charge in [0, 0.05) is 38.1 Å². The van der Waals surface area contributed by atoms with E-state index in [9.17, 15) is 4.79 Å². The largest absolute Gasteiger partial charge is 0.378 e. The second-order valence-corrected chi connectivity index (χ2v) is 10.2. The maximum Gasteiger partial charge on any atom is 0.226 e. The highest BCUT2D eigenvalue weighted by Gasteiger charge is 2.27. The van der Waals surface area contributed by atoms with Gasteiger partial charge in [-0.25, -0.2) is 4.68 Å². The van der Waals surface area contributed by atoms with E-state index >= 15 is 0 Å². The second-order valence-electron chi connectivity index (χ2n) is 9.83. The molecule has 0 aliphatic carbocycles. The molecule has 1 aromatic heterocycles. The number of nitrogens with zero attached hydrogens (tertiary/aromatic N) is 5. The highest BCUT2D eigenvalue weighted by atomic mass is 32.1. The third-order valence-electron chi connectivity index (χ3n) is 7.04. The minimum atomic E-state index is 0.0879. The van der Waals surface area contributed by atoms with E-state index in [1.807, 2.05) is 10.7 Å². The van der Waals surface area contributed by atoms with Gasteiger partial charge in [-0.3, -0.25) is 14.3 Å².